The molecule has 0 saturated heterocycles. The molecule has 0 radical (unpaired) electrons. The van der Waals surface area contributed by atoms with E-state index in [9.17, 15) is 0 Å². The van der Waals surface area contributed by atoms with Crippen molar-refractivity contribution in [3.63, 3.8) is 0 Å². The average Bonchev–Trinajstić information content (AvgIpc) is 3.14. The first kappa shape index (κ1) is 26.4. The predicted molar refractivity (Wildman–Crippen MR) is 198 cm³/mol. The van der Waals surface area contributed by atoms with E-state index < -0.39 is 0 Å². The Morgan fingerprint density at radius 1 is 0.217 bits per heavy atom. The molecule has 0 heterocycles. The highest BCUT2D eigenvalue weighted by Gasteiger charge is 2.20. The average molecular weight is 583 g/mol. The molecule has 0 nitrogen and oxygen atoms in total. The molecule has 0 N–H and O–H groups in total. The molecule has 9 rings (SSSR count). The topological polar surface area (TPSA) is 0 Å². The zero-order valence-corrected chi connectivity index (χ0v) is 25.3. The van der Waals surface area contributed by atoms with Gasteiger partial charge < -0.3 is 0 Å². The first-order valence-electron chi connectivity index (χ1n) is 15.9. The number of hydrogen-bond donors (Lipinski definition) is 0. The van der Waals surface area contributed by atoms with Crippen LogP contribution in [-0.2, 0) is 0 Å². The van der Waals surface area contributed by atoms with Crippen molar-refractivity contribution in [2.24, 2.45) is 0 Å². The van der Waals surface area contributed by atoms with E-state index in [4.69, 9.17) is 0 Å². The van der Waals surface area contributed by atoms with E-state index >= 15 is 0 Å². The second-order valence-corrected chi connectivity index (χ2v) is 12.0. The van der Waals surface area contributed by atoms with Crippen molar-refractivity contribution in [3.8, 4) is 44.5 Å². The van der Waals surface area contributed by atoms with Crippen LogP contribution in [0.15, 0.2) is 182 Å². The Labute approximate surface area is 268 Å². The second-order valence-electron chi connectivity index (χ2n) is 12.0. The highest BCUT2D eigenvalue weighted by Crippen LogP contribution is 2.47. The van der Waals surface area contributed by atoms with Gasteiger partial charge >= 0.3 is 0 Å². The molecule has 0 amide bonds. The van der Waals surface area contributed by atoms with Crippen LogP contribution in [0.4, 0.5) is 0 Å². The van der Waals surface area contributed by atoms with Gasteiger partial charge in [-0.05, 0) is 93.7 Å². The normalized spacial score (nSPS) is 11.5. The third kappa shape index (κ3) is 4.23. The van der Waals surface area contributed by atoms with Crippen LogP contribution in [-0.4, -0.2) is 0 Å². The summed E-state index contributed by atoms with van der Waals surface area (Å²) in [7, 11) is 0. The largest absolute Gasteiger partial charge is 0.0622 e. The summed E-state index contributed by atoms with van der Waals surface area (Å²) in [4.78, 5) is 0. The molecule has 0 spiro atoms. The third-order valence-electron chi connectivity index (χ3n) is 9.47. The molecule has 9 aromatic rings. The van der Waals surface area contributed by atoms with Crippen LogP contribution in [0.5, 0.6) is 0 Å². The van der Waals surface area contributed by atoms with Crippen LogP contribution in [0.3, 0.4) is 0 Å². The molecule has 0 fully saturated rings. The lowest BCUT2D eigenvalue weighted by Gasteiger charge is -2.20. The van der Waals surface area contributed by atoms with Gasteiger partial charge in [0.25, 0.3) is 0 Å². The lowest BCUT2D eigenvalue weighted by molar-refractivity contribution is 1.63. The van der Waals surface area contributed by atoms with Crippen molar-refractivity contribution >= 4 is 43.1 Å². The fourth-order valence-corrected chi connectivity index (χ4v) is 7.41. The van der Waals surface area contributed by atoms with E-state index in [2.05, 4.69) is 182 Å². The summed E-state index contributed by atoms with van der Waals surface area (Å²) in [5.41, 5.74) is 10.0. The molecule has 0 atom stereocenters. The van der Waals surface area contributed by atoms with E-state index in [1.807, 2.05) is 0 Å². The first-order valence-corrected chi connectivity index (χ1v) is 15.9. The fraction of sp³-hybridized carbons (Fsp3) is 0. The minimum Gasteiger partial charge on any atom is -0.0622 e. The van der Waals surface area contributed by atoms with E-state index in [1.54, 1.807) is 0 Å². The lowest BCUT2D eigenvalue weighted by atomic mass is 9.83. The summed E-state index contributed by atoms with van der Waals surface area (Å²) in [6.45, 7) is 0. The summed E-state index contributed by atoms with van der Waals surface area (Å²) in [5, 5.41) is 10.1. The summed E-state index contributed by atoms with van der Waals surface area (Å²) in [5.74, 6) is 0. The minimum absolute atomic E-state index is 1.22. The van der Waals surface area contributed by atoms with E-state index in [-0.39, 0.29) is 0 Å². The van der Waals surface area contributed by atoms with Gasteiger partial charge in [-0.3, -0.25) is 0 Å². The Hall–Kier alpha value is -5.98. The van der Waals surface area contributed by atoms with Gasteiger partial charge in [-0.15, -0.1) is 0 Å². The SMILES string of the molecule is c1ccc(-c2ccc3c(-c4ccc(-c5cccc6ccccc56)c5ccccc45)c4ccccc4c(-c4ccccc4)c3c2)cc1. The number of fused-ring (bicyclic) bond motifs is 4. The zero-order valence-electron chi connectivity index (χ0n) is 25.3. The molecule has 0 aromatic heterocycles. The van der Waals surface area contributed by atoms with Crippen LogP contribution in [0.25, 0.3) is 87.6 Å². The highest BCUT2D eigenvalue weighted by molar-refractivity contribution is 6.24. The number of benzene rings is 9. The predicted octanol–water partition coefficient (Wildman–Crippen LogP) is 13.0. The Morgan fingerprint density at radius 2 is 0.717 bits per heavy atom. The van der Waals surface area contributed by atoms with Crippen molar-refractivity contribution < 1.29 is 0 Å². The summed E-state index contributed by atoms with van der Waals surface area (Å²) < 4.78 is 0. The molecular weight excluding hydrogens is 553 g/mol. The third-order valence-corrected chi connectivity index (χ3v) is 9.47. The molecule has 0 unspecified atom stereocenters. The smallest absolute Gasteiger partial charge is 0.00201 e. The molecule has 0 heteroatoms. The van der Waals surface area contributed by atoms with E-state index in [1.165, 1.54) is 87.6 Å². The molecule has 214 valence electrons. The van der Waals surface area contributed by atoms with Gasteiger partial charge in [0.15, 0.2) is 0 Å². The zero-order chi connectivity index (χ0) is 30.5. The van der Waals surface area contributed by atoms with Crippen molar-refractivity contribution in [1.29, 1.82) is 0 Å². The molecule has 0 bridgehead atoms. The monoisotopic (exact) mass is 582 g/mol. The van der Waals surface area contributed by atoms with E-state index in [0.29, 0.717) is 0 Å². The lowest BCUT2D eigenvalue weighted by Crippen LogP contribution is -1.93. The standard InChI is InChI=1S/C46H30/c1-3-14-31(15-4-1)34-26-27-43-44(30-34)45(33-17-5-2-6-18-33)40-23-11-12-24-41(40)46(43)42-29-28-39(37-21-9-10-22-38(37)42)36-25-13-19-32-16-7-8-20-35(32)36/h1-30H. The minimum atomic E-state index is 1.22. The van der Waals surface area contributed by atoms with Crippen molar-refractivity contribution in [1.82, 2.24) is 0 Å². The van der Waals surface area contributed by atoms with Crippen LogP contribution in [0, 0.1) is 0 Å². The molecule has 46 heavy (non-hydrogen) atoms. The van der Waals surface area contributed by atoms with Crippen LogP contribution in [0.1, 0.15) is 0 Å². The molecule has 0 aliphatic rings. The Bertz CT molecular complexity index is 2550. The highest BCUT2D eigenvalue weighted by atomic mass is 14.2. The van der Waals surface area contributed by atoms with Gasteiger partial charge in [0.05, 0.1) is 0 Å². The molecule has 9 aromatic carbocycles. The van der Waals surface area contributed by atoms with Gasteiger partial charge in [0, 0.05) is 0 Å². The number of rotatable bonds is 4. The molecule has 0 aliphatic carbocycles. The number of hydrogen-bond acceptors (Lipinski definition) is 0. The summed E-state index contributed by atoms with van der Waals surface area (Å²) >= 11 is 0. The fourth-order valence-electron chi connectivity index (χ4n) is 7.41. The molecule has 0 aliphatic heterocycles. The van der Waals surface area contributed by atoms with Crippen molar-refractivity contribution in [2.75, 3.05) is 0 Å². The summed E-state index contributed by atoms with van der Waals surface area (Å²) in [6, 6.07) is 66.5. The quantitative estimate of drug-likeness (QED) is 0.181. The van der Waals surface area contributed by atoms with Gasteiger partial charge in [-0.1, -0.05) is 176 Å². The maximum absolute atomic E-state index is 2.40. The van der Waals surface area contributed by atoms with E-state index in [0.717, 1.165) is 0 Å². The Kier molecular flexibility index (Phi) is 6.25. The van der Waals surface area contributed by atoms with Crippen molar-refractivity contribution in [2.45, 2.75) is 0 Å². The van der Waals surface area contributed by atoms with Crippen LogP contribution in [0.2, 0.25) is 0 Å². The maximum Gasteiger partial charge on any atom is -0.00201 e. The van der Waals surface area contributed by atoms with Crippen LogP contribution < -0.4 is 0 Å². The maximum atomic E-state index is 2.40. The van der Waals surface area contributed by atoms with Gasteiger partial charge in [0.2, 0.25) is 0 Å². The Morgan fingerprint density at radius 3 is 1.46 bits per heavy atom. The van der Waals surface area contributed by atoms with Gasteiger partial charge in [0.1, 0.15) is 0 Å². The van der Waals surface area contributed by atoms with Crippen molar-refractivity contribution in [3.05, 3.63) is 182 Å². The van der Waals surface area contributed by atoms with Gasteiger partial charge in [-0.25, -0.2) is 0 Å². The van der Waals surface area contributed by atoms with Crippen LogP contribution >= 0.6 is 0 Å². The summed E-state index contributed by atoms with van der Waals surface area (Å²) in [6.07, 6.45) is 0. The Balaban J connectivity index is 1.39. The molecular formula is C46H30. The second kappa shape index (κ2) is 10.9. The first-order chi connectivity index (χ1) is 22.8. The molecule has 0 saturated carbocycles. The van der Waals surface area contributed by atoms with Gasteiger partial charge in [-0.2, -0.15) is 0 Å².